The first-order valence-corrected chi connectivity index (χ1v) is 17.4. The molecule has 3 aromatic heterocycles. The fourth-order valence-electron chi connectivity index (χ4n) is 7.66. The van der Waals surface area contributed by atoms with Crippen molar-refractivity contribution in [3.63, 3.8) is 0 Å². The van der Waals surface area contributed by atoms with E-state index in [-0.39, 0.29) is 0 Å². The van der Waals surface area contributed by atoms with Crippen LogP contribution in [0.2, 0.25) is 0 Å². The third kappa shape index (κ3) is 4.53. The monoisotopic (exact) mass is 664 g/mol. The SMILES string of the molecule is c1ccc(-c2nc(-c3ccc4ccccc4c3)nc(-c3ccc4c(c3)oc3ccc(-n5c6ccccc6c6cc7ccccc7cc65)cc34)n2)cc1. The molecule has 8 aromatic carbocycles. The largest absolute Gasteiger partial charge is 0.456 e. The lowest BCUT2D eigenvalue weighted by Gasteiger charge is -2.09. The Balaban J connectivity index is 1.06. The molecule has 0 aliphatic heterocycles. The number of rotatable bonds is 4. The van der Waals surface area contributed by atoms with E-state index in [1.54, 1.807) is 0 Å². The van der Waals surface area contributed by atoms with Crippen molar-refractivity contribution in [3.05, 3.63) is 170 Å². The maximum Gasteiger partial charge on any atom is 0.164 e. The van der Waals surface area contributed by atoms with Crippen LogP contribution in [0.3, 0.4) is 0 Å². The number of nitrogens with zero attached hydrogens (tertiary/aromatic N) is 4. The van der Waals surface area contributed by atoms with Crippen molar-refractivity contribution in [2.45, 2.75) is 0 Å². The van der Waals surface area contributed by atoms with Crippen molar-refractivity contribution in [1.29, 1.82) is 0 Å². The second-order valence-corrected chi connectivity index (χ2v) is 13.3. The van der Waals surface area contributed by atoms with Crippen LogP contribution in [0.5, 0.6) is 0 Å². The molecule has 3 heterocycles. The molecule has 0 aliphatic carbocycles. The van der Waals surface area contributed by atoms with Gasteiger partial charge in [-0.2, -0.15) is 0 Å². The van der Waals surface area contributed by atoms with Crippen LogP contribution in [0.15, 0.2) is 174 Å². The second-order valence-electron chi connectivity index (χ2n) is 13.3. The third-order valence-corrected chi connectivity index (χ3v) is 10.2. The van der Waals surface area contributed by atoms with E-state index in [0.717, 1.165) is 49.7 Å². The lowest BCUT2D eigenvalue weighted by molar-refractivity contribution is 0.669. The first kappa shape index (κ1) is 28.7. The van der Waals surface area contributed by atoms with Crippen LogP contribution in [-0.2, 0) is 0 Å². The average Bonchev–Trinajstić information content (AvgIpc) is 3.74. The Kier molecular flexibility index (Phi) is 6.18. The standard InChI is InChI=1S/C47H28N4O/c1-2-11-30(12-3-1)45-48-46(34-19-18-29-10-4-5-13-31(29)24-34)50-47(49-45)35-20-22-38-40-28-36(21-23-43(40)52-44(38)27-35)51-41-17-9-8-16-37(41)39-25-32-14-6-7-15-33(32)26-42(39)51/h1-28H. The molecule has 0 atom stereocenters. The molecule has 5 heteroatoms. The molecule has 11 rings (SSSR count). The van der Waals surface area contributed by atoms with Crippen LogP contribution < -0.4 is 0 Å². The van der Waals surface area contributed by atoms with Gasteiger partial charge in [0.1, 0.15) is 11.2 Å². The van der Waals surface area contributed by atoms with Gasteiger partial charge < -0.3 is 8.98 Å². The summed E-state index contributed by atoms with van der Waals surface area (Å²) in [4.78, 5) is 15.0. The van der Waals surface area contributed by atoms with Gasteiger partial charge in [-0.15, -0.1) is 0 Å². The molecule has 0 radical (unpaired) electrons. The zero-order chi connectivity index (χ0) is 34.2. The Hall–Kier alpha value is -7.11. The highest BCUT2D eigenvalue weighted by Crippen LogP contribution is 2.38. The fourth-order valence-corrected chi connectivity index (χ4v) is 7.66. The zero-order valence-corrected chi connectivity index (χ0v) is 27.9. The number of fused-ring (bicyclic) bond motifs is 8. The molecule has 11 aromatic rings. The molecule has 0 spiro atoms. The summed E-state index contributed by atoms with van der Waals surface area (Å²) in [5, 5.41) is 9.35. The maximum atomic E-state index is 6.52. The molecule has 0 N–H and O–H groups in total. The molecule has 0 aliphatic rings. The van der Waals surface area contributed by atoms with E-state index < -0.39 is 0 Å². The maximum absolute atomic E-state index is 6.52. The van der Waals surface area contributed by atoms with Gasteiger partial charge in [0.25, 0.3) is 0 Å². The lowest BCUT2D eigenvalue weighted by atomic mass is 10.1. The van der Waals surface area contributed by atoms with Gasteiger partial charge in [0.2, 0.25) is 0 Å². The van der Waals surface area contributed by atoms with Gasteiger partial charge in [0.05, 0.1) is 11.0 Å². The summed E-state index contributed by atoms with van der Waals surface area (Å²) < 4.78 is 8.89. The minimum absolute atomic E-state index is 0.595. The third-order valence-electron chi connectivity index (χ3n) is 10.2. The number of furan rings is 1. The fraction of sp³-hybridized carbons (Fsp3) is 0. The summed E-state index contributed by atoms with van der Waals surface area (Å²) >= 11 is 0. The molecular formula is C47H28N4O. The molecule has 5 nitrogen and oxygen atoms in total. The average molecular weight is 665 g/mol. The van der Waals surface area contributed by atoms with Crippen LogP contribution >= 0.6 is 0 Å². The first-order valence-electron chi connectivity index (χ1n) is 17.4. The van der Waals surface area contributed by atoms with Gasteiger partial charge in [-0.05, 0) is 76.1 Å². The molecule has 52 heavy (non-hydrogen) atoms. The van der Waals surface area contributed by atoms with Gasteiger partial charge in [-0.1, -0.05) is 115 Å². The van der Waals surface area contributed by atoms with Crippen molar-refractivity contribution in [2.24, 2.45) is 0 Å². The Morgan fingerprint density at radius 1 is 0.346 bits per heavy atom. The minimum atomic E-state index is 0.595. The molecule has 0 saturated heterocycles. The predicted molar refractivity (Wildman–Crippen MR) is 213 cm³/mol. The van der Waals surface area contributed by atoms with Gasteiger partial charge >= 0.3 is 0 Å². The smallest absolute Gasteiger partial charge is 0.164 e. The number of para-hydroxylation sites is 1. The normalized spacial score (nSPS) is 11.8. The Bertz CT molecular complexity index is 3190. The number of hydrogen-bond donors (Lipinski definition) is 0. The summed E-state index contributed by atoms with van der Waals surface area (Å²) in [6.45, 7) is 0. The quantitative estimate of drug-likeness (QED) is 0.188. The van der Waals surface area contributed by atoms with E-state index in [0.29, 0.717) is 17.5 Å². The van der Waals surface area contributed by atoms with Gasteiger partial charge in [-0.25, -0.2) is 15.0 Å². The molecule has 0 saturated carbocycles. The number of hydrogen-bond acceptors (Lipinski definition) is 4. The highest BCUT2D eigenvalue weighted by atomic mass is 16.3. The molecule has 0 fully saturated rings. The Morgan fingerprint density at radius 3 is 1.79 bits per heavy atom. The minimum Gasteiger partial charge on any atom is -0.456 e. The summed E-state index contributed by atoms with van der Waals surface area (Å²) in [5.74, 6) is 1.85. The predicted octanol–water partition coefficient (Wildman–Crippen LogP) is 12.2. The van der Waals surface area contributed by atoms with E-state index in [1.807, 2.05) is 30.3 Å². The van der Waals surface area contributed by atoms with Gasteiger partial charge in [0, 0.05) is 43.9 Å². The molecular weight excluding hydrogens is 637 g/mol. The molecule has 0 amide bonds. The van der Waals surface area contributed by atoms with E-state index >= 15 is 0 Å². The van der Waals surface area contributed by atoms with Crippen LogP contribution in [0.1, 0.15) is 0 Å². The van der Waals surface area contributed by atoms with Crippen molar-refractivity contribution in [3.8, 4) is 39.9 Å². The summed E-state index contributed by atoms with van der Waals surface area (Å²) in [6, 6.07) is 59.3. The number of benzene rings is 8. The summed E-state index contributed by atoms with van der Waals surface area (Å²) in [7, 11) is 0. The van der Waals surface area contributed by atoms with Crippen LogP contribution in [0.4, 0.5) is 0 Å². The molecule has 242 valence electrons. The summed E-state index contributed by atoms with van der Waals surface area (Å²) in [5.41, 5.74) is 7.80. The van der Waals surface area contributed by atoms with E-state index in [4.69, 9.17) is 19.4 Å². The highest BCUT2D eigenvalue weighted by Gasteiger charge is 2.17. The van der Waals surface area contributed by atoms with Crippen LogP contribution in [0, 0.1) is 0 Å². The van der Waals surface area contributed by atoms with Crippen LogP contribution in [0.25, 0.3) is 105 Å². The van der Waals surface area contributed by atoms with E-state index in [1.165, 1.54) is 38.0 Å². The lowest BCUT2D eigenvalue weighted by Crippen LogP contribution is -2.00. The first-order chi connectivity index (χ1) is 25.7. The van der Waals surface area contributed by atoms with Crippen molar-refractivity contribution < 1.29 is 4.42 Å². The second kappa shape index (κ2) is 11.2. The number of aromatic nitrogens is 4. The van der Waals surface area contributed by atoms with Gasteiger partial charge in [0.15, 0.2) is 17.5 Å². The topological polar surface area (TPSA) is 56.7 Å². The Morgan fingerprint density at radius 2 is 0.981 bits per heavy atom. The summed E-state index contributed by atoms with van der Waals surface area (Å²) in [6.07, 6.45) is 0. The molecule has 0 unspecified atom stereocenters. The van der Waals surface area contributed by atoms with Crippen molar-refractivity contribution >= 4 is 65.3 Å². The van der Waals surface area contributed by atoms with E-state index in [9.17, 15) is 0 Å². The molecule has 0 bridgehead atoms. The van der Waals surface area contributed by atoms with Crippen molar-refractivity contribution in [1.82, 2.24) is 19.5 Å². The van der Waals surface area contributed by atoms with E-state index in [2.05, 4.69) is 144 Å². The van der Waals surface area contributed by atoms with Crippen LogP contribution in [-0.4, -0.2) is 19.5 Å². The highest BCUT2D eigenvalue weighted by molar-refractivity contribution is 6.14. The van der Waals surface area contributed by atoms with Gasteiger partial charge in [-0.3, -0.25) is 0 Å². The van der Waals surface area contributed by atoms with Crippen molar-refractivity contribution in [2.75, 3.05) is 0 Å². The zero-order valence-electron chi connectivity index (χ0n) is 27.9. The Labute approximate surface area is 298 Å².